The number of hydrogen-bond acceptors (Lipinski definition) is 7. The molecule has 15 heavy (non-hydrogen) atoms. The summed E-state index contributed by atoms with van der Waals surface area (Å²) >= 11 is 0. The minimum Gasteiger partial charge on any atom is -0.437 e. The maximum atomic E-state index is 10.8. The largest absolute Gasteiger partial charge is 0.437 e. The topological polar surface area (TPSA) is 114 Å². The van der Waals surface area contributed by atoms with E-state index >= 15 is 0 Å². The smallest absolute Gasteiger partial charge is 0.324 e. The van der Waals surface area contributed by atoms with Crippen molar-refractivity contribution in [3.05, 3.63) is 0 Å². The van der Waals surface area contributed by atoms with Crippen LogP contribution in [0.4, 0.5) is 0 Å². The molecule has 0 aromatic rings. The van der Waals surface area contributed by atoms with Crippen LogP contribution in [-0.4, -0.2) is 37.6 Å². The zero-order chi connectivity index (χ0) is 11.8. The van der Waals surface area contributed by atoms with E-state index in [1.165, 1.54) is 13.8 Å². The van der Waals surface area contributed by atoms with Gasteiger partial charge in [-0.25, -0.2) is 0 Å². The van der Waals surface area contributed by atoms with Crippen molar-refractivity contribution < 1.29 is 23.8 Å². The second-order valence-corrected chi connectivity index (χ2v) is 2.94. The van der Waals surface area contributed by atoms with Gasteiger partial charge < -0.3 is 25.7 Å². The van der Waals surface area contributed by atoms with E-state index in [1.807, 2.05) is 0 Å². The zero-order valence-corrected chi connectivity index (χ0v) is 8.76. The predicted molar refractivity (Wildman–Crippen MR) is 50.3 cm³/mol. The highest BCUT2D eigenvalue weighted by Crippen LogP contribution is 1.88. The maximum Gasteiger partial charge on any atom is 0.324 e. The van der Waals surface area contributed by atoms with Crippen LogP contribution in [0.5, 0.6) is 0 Å². The zero-order valence-electron chi connectivity index (χ0n) is 8.76. The molecule has 0 unspecified atom stereocenters. The summed E-state index contributed by atoms with van der Waals surface area (Å²) in [6.45, 7) is 2.34. The Balaban J connectivity index is 3.40. The van der Waals surface area contributed by atoms with Crippen molar-refractivity contribution in [3.63, 3.8) is 0 Å². The van der Waals surface area contributed by atoms with Crippen molar-refractivity contribution in [2.45, 2.75) is 25.9 Å². The van der Waals surface area contributed by atoms with Gasteiger partial charge in [-0.3, -0.25) is 9.59 Å². The Morgan fingerprint density at radius 1 is 1.00 bits per heavy atom. The molecule has 0 saturated heterocycles. The highest BCUT2D eigenvalue weighted by Gasteiger charge is 2.09. The fourth-order valence-corrected chi connectivity index (χ4v) is 0.496. The van der Waals surface area contributed by atoms with Crippen LogP contribution in [0, 0.1) is 0 Å². The lowest BCUT2D eigenvalue weighted by Gasteiger charge is -2.09. The molecule has 0 rings (SSSR count). The molecule has 0 aromatic carbocycles. The SMILES string of the molecule is C[C@H](N)C(=O)OCOCOC(=O)[C@H](C)N. The van der Waals surface area contributed by atoms with Crippen LogP contribution in [-0.2, 0) is 23.8 Å². The number of carbonyl (C=O) groups is 2. The molecule has 0 aliphatic rings. The Labute approximate surface area is 87.6 Å². The van der Waals surface area contributed by atoms with Crippen molar-refractivity contribution in [1.82, 2.24) is 0 Å². The number of ether oxygens (including phenoxy) is 3. The fourth-order valence-electron chi connectivity index (χ4n) is 0.496. The van der Waals surface area contributed by atoms with E-state index in [1.54, 1.807) is 0 Å². The number of esters is 2. The maximum absolute atomic E-state index is 10.8. The van der Waals surface area contributed by atoms with Gasteiger partial charge in [-0.05, 0) is 13.8 Å². The molecule has 0 aliphatic carbocycles. The minimum absolute atomic E-state index is 0.313. The summed E-state index contributed by atoms with van der Waals surface area (Å²) in [5.41, 5.74) is 10.4. The highest BCUT2D eigenvalue weighted by atomic mass is 16.8. The normalized spacial score (nSPS) is 14.1. The van der Waals surface area contributed by atoms with Crippen LogP contribution < -0.4 is 11.5 Å². The molecule has 4 N–H and O–H groups in total. The lowest BCUT2D eigenvalue weighted by molar-refractivity contribution is -0.177. The Bertz CT molecular complexity index is 195. The lowest BCUT2D eigenvalue weighted by Crippen LogP contribution is -2.31. The fraction of sp³-hybridized carbons (Fsp3) is 0.750. The molecular weight excluding hydrogens is 204 g/mol. The summed E-state index contributed by atoms with van der Waals surface area (Å²) in [7, 11) is 0. The molecule has 0 amide bonds. The van der Waals surface area contributed by atoms with Gasteiger partial charge in [0.2, 0.25) is 0 Å². The van der Waals surface area contributed by atoms with Gasteiger partial charge in [-0.15, -0.1) is 0 Å². The first-order valence-corrected chi connectivity index (χ1v) is 4.37. The van der Waals surface area contributed by atoms with Gasteiger partial charge in [-0.2, -0.15) is 0 Å². The molecule has 7 heteroatoms. The molecule has 0 radical (unpaired) electrons. The predicted octanol–water partition coefficient (Wildman–Crippen LogP) is -1.30. The van der Waals surface area contributed by atoms with Crippen LogP contribution in [0.15, 0.2) is 0 Å². The first-order valence-electron chi connectivity index (χ1n) is 4.37. The van der Waals surface area contributed by atoms with Crippen molar-refractivity contribution in [1.29, 1.82) is 0 Å². The van der Waals surface area contributed by atoms with E-state index in [0.29, 0.717) is 0 Å². The van der Waals surface area contributed by atoms with Crippen LogP contribution >= 0.6 is 0 Å². The lowest BCUT2D eigenvalue weighted by atomic mass is 10.4. The summed E-state index contributed by atoms with van der Waals surface area (Å²) in [5.74, 6) is -1.18. The average molecular weight is 220 g/mol. The molecular formula is C8H16N2O5. The van der Waals surface area contributed by atoms with Crippen molar-refractivity contribution >= 4 is 11.9 Å². The number of hydrogen-bond donors (Lipinski definition) is 2. The molecule has 0 heterocycles. The van der Waals surface area contributed by atoms with Gasteiger partial charge in [0.25, 0.3) is 0 Å². The summed E-state index contributed by atoms with van der Waals surface area (Å²) in [4.78, 5) is 21.6. The van der Waals surface area contributed by atoms with E-state index in [2.05, 4.69) is 14.2 Å². The van der Waals surface area contributed by atoms with Gasteiger partial charge in [0.15, 0.2) is 13.6 Å². The van der Waals surface area contributed by atoms with Crippen LogP contribution in [0.1, 0.15) is 13.8 Å². The first kappa shape index (κ1) is 13.8. The molecule has 0 saturated carbocycles. The monoisotopic (exact) mass is 220 g/mol. The summed E-state index contributed by atoms with van der Waals surface area (Å²) < 4.78 is 13.8. The van der Waals surface area contributed by atoms with Gasteiger partial charge >= 0.3 is 11.9 Å². The third kappa shape index (κ3) is 6.83. The Hall–Kier alpha value is -1.18. The van der Waals surface area contributed by atoms with Crippen LogP contribution in [0.2, 0.25) is 0 Å². The molecule has 0 aromatic heterocycles. The van der Waals surface area contributed by atoms with E-state index < -0.39 is 24.0 Å². The summed E-state index contributed by atoms with van der Waals surface area (Å²) in [6, 6.07) is -1.42. The highest BCUT2D eigenvalue weighted by molar-refractivity contribution is 5.75. The second-order valence-electron chi connectivity index (χ2n) is 2.94. The molecule has 2 atom stereocenters. The van der Waals surface area contributed by atoms with Gasteiger partial charge in [0.1, 0.15) is 12.1 Å². The molecule has 7 nitrogen and oxygen atoms in total. The summed E-state index contributed by atoms with van der Waals surface area (Å²) in [5, 5.41) is 0. The Morgan fingerprint density at radius 3 is 1.60 bits per heavy atom. The van der Waals surface area contributed by atoms with Crippen molar-refractivity contribution in [3.8, 4) is 0 Å². The Kier molecular flexibility index (Phi) is 6.59. The van der Waals surface area contributed by atoms with Crippen LogP contribution in [0.25, 0.3) is 0 Å². The molecule has 0 bridgehead atoms. The van der Waals surface area contributed by atoms with Crippen LogP contribution in [0.3, 0.4) is 0 Å². The number of nitrogens with two attached hydrogens (primary N) is 2. The standard InChI is InChI=1S/C8H16N2O5/c1-5(9)7(11)14-3-13-4-15-8(12)6(2)10/h5-6H,3-4,9-10H2,1-2H3/t5-,6-/m0/s1. The number of carbonyl (C=O) groups excluding carboxylic acids is 2. The third-order valence-corrected chi connectivity index (χ3v) is 1.31. The average Bonchev–Trinajstić information content (AvgIpc) is 2.16. The molecule has 0 aliphatic heterocycles. The van der Waals surface area contributed by atoms with Gasteiger partial charge in [-0.1, -0.05) is 0 Å². The second kappa shape index (κ2) is 7.16. The summed E-state index contributed by atoms with van der Waals surface area (Å²) in [6.07, 6.45) is 0. The van der Waals surface area contributed by atoms with Gasteiger partial charge in [0, 0.05) is 0 Å². The van der Waals surface area contributed by atoms with E-state index in [9.17, 15) is 9.59 Å². The number of rotatable bonds is 6. The first-order chi connectivity index (χ1) is 6.95. The molecule has 0 spiro atoms. The minimum atomic E-state index is -0.708. The quantitative estimate of drug-likeness (QED) is 0.325. The third-order valence-electron chi connectivity index (χ3n) is 1.31. The molecule has 88 valence electrons. The van der Waals surface area contributed by atoms with Crippen molar-refractivity contribution in [2.24, 2.45) is 11.5 Å². The Morgan fingerprint density at radius 2 is 1.33 bits per heavy atom. The van der Waals surface area contributed by atoms with E-state index in [4.69, 9.17) is 11.5 Å². The molecule has 0 fully saturated rings. The van der Waals surface area contributed by atoms with Gasteiger partial charge in [0.05, 0.1) is 0 Å². The van der Waals surface area contributed by atoms with E-state index in [-0.39, 0.29) is 13.6 Å². The van der Waals surface area contributed by atoms with Crippen molar-refractivity contribution in [2.75, 3.05) is 13.6 Å². The van der Waals surface area contributed by atoms with E-state index in [0.717, 1.165) is 0 Å².